The van der Waals surface area contributed by atoms with E-state index >= 15 is 0 Å². The van der Waals surface area contributed by atoms with Crippen LogP contribution in [-0.4, -0.2) is 19.1 Å². The van der Waals surface area contributed by atoms with Crippen molar-refractivity contribution in [3.05, 3.63) is 0 Å². The standard InChI is InChI=1S/C6H7NO2/c1-2-3-6-7-9-5-4-8-6/h4-5H2,1H3. The van der Waals surface area contributed by atoms with Crippen molar-refractivity contribution in [2.24, 2.45) is 5.16 Å². The number of nitrogens with zero attached hydrogens (tertiary/aromatic N) is 1. The highest BCUT2D eigenvalue weighted by atomic mass is 16.7. The van der Waals surface area contributed by atoms with E-state index in [0.717, 1.165) is 0 Å². The molecule has 3 heteroatoms. The summed E-state index contributed by atoms with van der Waals surface area (Å²) in [5, 5.41) is 3.54. The van der Waals surface area contributed by atoms with Crippen LogP contribution in [-0.2, 0) is 9.57 Å². The molecule has 0 unspecified atom stereocenters. The van der Waals surface area contributed by atoms with Crippen molar-refractivity contribution in [2.75, 3.05) is 13.2 Å². The maximum absolute atomic E-state index is 4.97. The molecule has 3 nitrogen and oxygen atoms in total. The molecule has 1 heterocycles. The van der Waals surface area contributed by atoms with Gasteiger partial charge in [0, 0.05) is 0 Å². The van der Waals surface area contributed by atoms with E-state index in [1.165, 1.54) is 0 Å². The van der Waals surface area contributed by atoms with Gasteiger partial charge in [-0.15, -0.1) is 0 Å². The van der Waals surface area contributed by atoms with E-state index in [2.05, 4.69) is 17.0 Å². The maximum atomic E-state index is 4.97. The van der Waals surface area contributed by atoms with Crippen LogP contribution in [0.25, 0.3) is 0 Å². The summed E-state index contributed by atoms with van der Waals surface area (Å²) in [5.74, 6) is 5.67. The molecule has 1 aliphatic rings. The highest BCUT2D eigenvalue weighted by molar-refractivity contribution is 5.93. The second-order valence-corrected chi connectivity index (χ2v) is 1.45. The van der Waals surface area contributed by atoms with Crippen LogP contribution in [0.4, 0.5) is 0 Å². The summed E-state index contributed by atoms with van der Waals surface area (Å²) in [7, 11) is 0. The van der Waals surface area contributed by atoms with Gasteiger partial charge in [0.25, 0.3) is 0 Å². The normalized spacial score (nSPS) is 15.9. The summed E-state index contributed by atoms with van der Waals surface area (Å²) in [4.78, 5) is 4.70. The Bertz CT molecular complexity index is 175. The number of hydrogen-bond acceptors (Lipinski definition) is 3. The average molecular weight is 125 g/mol. The van der Waals surface area contributed by atoms with Gasteiger partial charge in [0.15, 0.2) is 6.61 Å². The summed E-state index contributed by atoms with van der Waals surface area (Å²) in [6.45, 7) is 2.79. The van der Waals surface area contributed by atoms with E-state index in [9.17, 15) is 0 Å². The quantitative estimate of drug-likeness (QED) is 0.438. The van der Waals surface area contributed by atoms with E-state index < -0.39 is 0 Å². The molecule has 0 aliphatic carbocycles. The van der Waals surface area contributed by atoms with Crippen LogP contribution >= 0.6 is 0 Å². The van der Waals surface area contributed by atoms with Crippen molar-refractivity contribution in [3.8, 4) is 11.8 Å². The lowest BCUT2D eigenvalue weighted by Gasteiger charge is -2.07. The largest absolute Gasteiger partial charge is 0.466 e. The second-order valence-electron chi connectivity index (χ2n) is 1.45. The third-order valence-electron chi connectivity index (χ3n) is 0.793. The fourth-order valence-corrected chi connectivity index (χ4v) is 0.472. The Labute approximate surface area is 53.6 Å². The number of rotatable bonds is 0. The Balaban J connectivity index is 2.53. The van der Waals surface area contributed by atoms with Crippen molar-refractivity contribution >= 4 is 5.90 Å². The van der Waals surface area contributed by atoms with Crippen molar-refractivity contribution < 1.29 is 9.57 Å². The van der Waals surface area contributed by atoms with Gasteiger partial charge in [0.1, 0.15) is 6.61 Å². The molecule has 0 aromatic carbocycles. The van der Waals surface area contributed by atoms with E-state index in [0.29, 0.717) is 19.1 Å². The molecule has 0 N–H and O–H groups in total. The molecular weight excluding hydrogens is 118 g/mol. The minimum absolute atomic E-state index is 0.378. The molecule has 0 atom stereocenters. The molecule has 48 valence electrons. The van der Waals surface area contributed by atoms with Crippen LogP contribution in [0.3, 0.4) is 0 Å². The zero-order valence-electron chi connectivity index (χ0n) is 5.18. The molecule has 9 heavy (non-hydrogen) atoms. The van der Waals surface area contributed by atoms with Gasteiger partial charge < -0.3 is 9.57 Å². The predicted molar refractivity (Wildman–Crippen MR) is 32.8 cm³/mol. The van der Waals surface area contributed by atoms with Gasteiger partial charge in [-0.1, -0.05) is 5.92 Å². The first kappa shape index (κ1) is 5.96. The predicted octanol–water partition coefficient (Wildman–Crippen LogP) is 0.370. The van der Waals surface area contributed by atoms with Gasteiger partial charge in [0.05, 0.1) is 0 Å². The van der Waals surface area contributed by atoms with E-state index in [-0.39, 0.29) is 0 Å². The Hall–Kier alpha value is -1.17. The summed E-state index contributed by atoms with van der Waals surface area (Å²) in [6, 6.07) is 0. The van der Waals surface area contributed by atoms with Gasteiger partial charge in [-0.25, -0.2) is 0 Å². The lowest BCUT2D eigenvalue weighted by molar-refractivity contribution is 0.0668. The molecule has 1 rings (SSSR count). The summed E-state index contributed by atoms with van der Waals surface area (Å²) in [6.07, 6.45) is 0. The van der Waals surface area contributed by atoms with Gasteiger partial charge in [-0.05, 0) is 18.0 Å². The third-order valence-corrected chi connectivity index (χ3v) is 0.793. The van der Waals surface area contributed by atoms with Gasteiger partial charge >= 0.3 is 5.90 Å². The van der Waals surface area contributed by atoms with Crippen LogP contribution in [0, 0.1) is 11.8 Å². The van der Waals surface area contributed by atoms with Crippen molar-refractivity contribution in [1.82, 2.24) is 0 Å². The van der Waals surface area contributed by atoms with E-state index in [4.69, 9.17) is 9.57 Å². The molecule has 0 saturated carbocycles. The van der Waals surface area contributed by atoms with Gasteiger partial charge in [-0.3, -0.25) is 0 Å². The third kappa shape index (κ3) is 1.65. The molecule has 0 fully saturated rings. The molecular formula is C6H7NO2. The number of ether oxygens (including phenoxy) is 1. The van der Waals surface area contributed by atoms with Crippen LogP contribution in [0.15, 0.2) is 5.16 Å². The van der Waals surface area contributed by atoms with E-state index in [1.54, 1.807) is 6.92 Å². The summed E-state index contributed by atoms with van der Waals surface area (Å²) >= 11 is 0. The molecule has 0 bridgehead atoms. The van der Waals surface area contributed by atoms with Crippen LogP contribution in [0.2, 0.25) is 0 Å². The second kappa shape index (κ2) is 2.98. The maximum Gasteiger partial charge on any atom is 0.303 e. The number of hydrogen-bond donors (Lipinski definition) is 0. The lowest BCUT2D eigenvalue weighted by atomic mass is 10.6. The molecule has 0 amide bonds. The molecule has 1 aliphatic heterocycles. The SMILES string of the molecule is CC#CC1=NOCCO1. The summed E-state index contributed by atoms with van der Waals surface area (Å²) in [5.41, 5.74) is 0. The molecule has 0 radical (unpaired) electrons. The zero-order chi connectivity index (χ0) is 6.53. The fourth-order valence-electron chi connectivity index (χ4n) is 0.472. The Morgan fingerprint density at radius 2 is 2.44 bits per heavy atom. The van der Waals surface area contributed by atoms with Gasteiger partial charge in [-0.2, -0.15) is 0 Å². The Morgan fingerprint density at radius 1 is 1.56 bits per heavy atom. The summed E-state index contributed by atoms with van der Waals surface area (Å²) < 4.78 is 4.97. The fraction of sp³-hybridized carbons (Fsp3) is 0.500. The molecule has 0 saturated heterocycles. The van der Waals surface area contributed by atoms with Crippen molar-refractivity contribution in [2.45, 2.75) is 6.92 Å². The molecule has 0 aromatic rings. The average Bonchev–Trinajstić information content (AvgIpc) is 1.91. The van der Waals surface area contributed by atoms with Gasteiger partial charge in [0.2, 0.25) is 0 Å². The van der Waals surface area contributed by atoms with Crippen molar-refractivity contribution in [1.29, 1.82) is 0 Å². The minimum atomic E-state index is 0.378. The number of oxime groups is 1. The molecule has 0 aromatic heterocycles. The highest BCUT2D eigenvalue weighted by Gasteiger charge is 2.01. The first-order valence-corrected chi connectivity index (χ1v) is 2.69. The molecule has 0 spiro atoms. The zero-order valence-corrected chi connectivity index (χ0v) is 5.18. The topological polar surface area (TPSA) is 30.8 Å². The Morgan fingerprint density at radius 3 is 3.00 bits per heavy atom. The smallest absolute Gasteiger partial charge is 0.303 e. The van der Waals surface area contributed by atoms with E-state index in [1.807, 2.05) is 0 Å². The highest BCUT2D eigenvalue weighted by Crippen LogP contribution is 1.91. The van der Waals surface area contributed by atoms with Crippen LogP contribution < -0.4 is 0 Å². The van der Waals surface area contributed by atoms with Crippen LogP contribution in [0.5, 0.6) is 0 Å². The van der Waals surface area contributed by atoms with Crippen molar-refractivity contribution in [3.63, 3.8) is 0 Å². The van der Waals surface area contributed by atoms with Crippen LogP contribution in [0.1, 0.15) is 6.92 Å². The minimum Gasteiger partial charge on any atom is -0.466 e. The first-order chi connectivity index (χ1) is 4.43. The lowest BCUT2D eigenvalue weighted by Crippen LogP contribution is -2.14. The first-order valence-electron chi connectivity index (χ1n) is 2.69. The Kier molecular flexibility index (Phi) is 1.97. The monoisotopic (exact) mass is 125 g/mol.